The molecule has 1 rings (SSSR count). The van der Waals surface area contributed by atoms with Crippen molar-refractivity contribution < 1.29 is 23.8 Å². The minimum Gasteiger partial charge on any atom is -0.466 e. The lowest BCUT2D eigenvalue weighted by Gasteiger charge is -2.24. The fraction of sp³-hybridized carbons (Fsp3) is 0.385. The Morgan fingerprint density at radius 2 is 1.56 bits per heavy atom. The Bertz CT molecular complexity index is 397. The van der Waals surface area contributed by atoms with Gasteiger partial charge in [0.15, 0.2) is 0 Å². The van der Waals surface area contributed by atoms with E-state index < -0.39 is 17.5 Å². The number of hydrogen-bond acceptors (Lipinski definition) is 5. The molecule has 0 fully saturated rings. The molecule has 0 amide bonds. The van der Waals surface area contributed by atoms with Crippen LogP contribution in [0.25, 0.3) is 0 Å². The average molecular weight is 252 g/mol. The van der Waals surface area contributed by atoms with Gasteiger partial charge in [-0.2, -0.15) is 0 Å². The molecule has 0 aliphatic heterocycles. The van der Waals surface area contributed by atoms with Crippen molar-refractivity contribution >= 4 is 11.9 Å². The molecule has 0 spiro atoms. The van der Waals surface area contributed by atoms with Crippen molar-refractivity contribution in [1.29, 1.82) is 0 Å². The third-order valence-corrected chi connectivity index (χ3v) is 2.52. The zero-order valence-electron chi connectivity index (χ0n) is 10.6. The Morgan fingerprint density at radius 3 is 2.00 bits per heavy atom. The summed E-state index contributed by atoms with van der Waals surface area (Å²) < 4.78 is 14.5. The van der Waals surface area contributed by atoms with Crippen LogP contribution >= 0.6 is 0 Å². The summed E-state index contributed by atoms with van der Waals surface area (Å²) in [6.07, 6.45) is 0. The minimum atomic E-state index is -1.75. The van der Waals surface area contributed by atoms with Crippen molar-refractivity contribution in [2.75, 3.05) is 14.2 Å². The van der Waals surface area contributed by atoms with Crippen LogP contribution in [0.5, 0.6) is 0 Å². The molecule has 98 valence electrons. The monoisotopic (exact) mass is 252 g/mol. The summed E-state index contributed by atoms with van der Waals surface area (Å²) in [5.74, 6) is -1.57. The third kappa shape index (κ3) is 3.07. The molecule has 18 heavy (non-hydrogen) atoms. The lowest BCUT2D eigenvalue weighted by molar-refractivity contribution is -0.187. The van der Waals surface area contributed by atoms with Crippen molar-refractivity contribution in [3.63, 3.8) is 0 Å². The van der Waals surface area contributed by atoms with Crippen molar-refractivity contribution in [3.8, 4) is 0 Å². The molecule has 0 aromatic heterocycles. The van der Waals surface area contributed by atoms with Crippen molar-refractivity contribution in [3.05, 3.63) is 35.9 Å². The Kier molecular flexibility index (Phi) is 4.85. The average Bonchev–Trinajstić information content (AvgIpc) is 2.43. The van der Waals surface area contributed by atoms with Gasteiger partial charge in [0, 0.05) is 0 Å². The van der Waals surface area contributed by atoms with Gasteiger partial charge in [-0.1, -0.05) is 30.3 Å². The first-order valence-electron chi connectivity index (χ1n) is 5.39. The summed E-state index contributed by atoms with van der Waals surface area (Å²) in [5.41, 5.74) is -0.907. The van der Waals surface area contributed by atoms with Crippen LogP contribution in [0.1, 0.15) is 12.5 Å². The summed E-state index contributed by atoms with van der Waals surface area (Å²) in [4.78, 5) is 23.2. The zero-order valence-corrected chi connectivity index (χ0v) is 10.6. The number of benzene rings is 1. The summed E-state index contributed by atoms with van der Waals surface area (Å²) in [5, 5.41) is 0. The highest BCUT2D eigenvalue weighted by molar-refractivity contribution is 6.03. The number of rotatable bonds is 5. The Labute approximate surface area is 106 Å². The molecule has 1 aromatic carbocycles. The Balaban J connectivity index is 2.80. The summed E-state index contributed by atoms with van der Waals surface area (Å²) in [6, 6.07) is 9.20. The molecule has 1 aromatic rings. The van der Waals surface area contributed by atoms with Crippen LogP contribution in [0.2, 0.25) is 0 Å². The van der Waals surface area contributed by atoms with E-state index in [9.17, 15) is 9.59 Å². The minimum absolute atomic E-state index is 0.113. The van der Waals surface area contributed by atoms with E-state index in [1.807, 2.05) is 30.3 Å². The Hall–Kier alpha value is -1.88. The second-order valence-corrected chi connectivity index (χ2v) is 3.79. The molecule has 0 saturated carbocycles. The number of carbonyl (C=O) groups excluding carboxylic acids is 2. The first kappa shape index (κ1) is 14.2. The van der Waals surface area contributed by atoms with E-state index in [-0.39, 0.29) is 6.61 Å². The number of esters is 2. The highest BCUT2D eigenvalue weighted by Crippen LogP contribution is 2.17. The highest BCUT2D eigenvalue weighted by atomic mass is 16.6. The van der Waals surface area contributed by atoms with Gasteiger partial charge in [-0.15, -0.1) is 0 Å². The molecular formula is C13H16O5. The van der Waals surface area contributed by atoms with Crippen LogP contribution in [-0.2, 0) is 30.4 Å². The summed E-state index contributed by atoms with van der Waals surface area (Å²) in [6.45, 7) is 1.44. The molecule has 0 unspecified atom stereocenters. The number of carbonyl (C=O) groups is 2. The topological polar surface area (TPSA) is 61.8 Å². The van der Waals surface area contributed by atoms with Crippen LogP contribution in [0.4, 0.5) is 0 Å². The molecular weight excluding hydrogens is 236 g/mol. The maximum absolute atomic E-state index is 11.6. The molecule has 5 heteroatoms. The quantitative estimate of drug-likeness (QED) is 0.584. The van der Waals surface area contributed by atoms with Crippen LogP contribution in [0.3, 0.4) is 0 Å². The van der Waals surface area contributed by atoms with Crippen LogP contribution < -0.4 is 0 Å². The van der Waals surface area contributed by atoms with Gasteiger partial charge < -0.3 is 14.2 Å². The predicted octanol–water partition coefficient (Wildman–Crippen LogP) is 1.31. The summed E-state index contributed by atoms with van der Waals surface area (Å²) in [7, 11) is 2.38. The fourth-order valence-electron chi connectivity index (χ4n) is 1.39. The number of ether oxygens (including phenoxy) is 3. The zero-order chi connectivity index (χ0) is 13.6. The van der Waals surface area contributed by atoms with Crippen LogP contribution in [0, 0.1) is 0 Å². The molecule has 0 N–H and O–H groups in total. The van der Waals surface area contributed by atoms with Crippen LogP contribution in [-0.4, -0.2) is 31.8 Å². The molecule has 0 aliphatic carbocycles. The summed E-state index contributed by atoms with van der Waals surface area (Å²) >= 11 is 0. The SMILES string of the molecule is COC(=O)C(C)(OCc1ccccc1)C(=O)OC. The van der Waals surface area contributed by atoms with Gasteiger partial charge in [0.1, 0.15) is 0 Å². The van der Waals surface area contributed by atoms with Gasteiger partial charge >= 0.3 is 11.9 Å². The second kappa shape index (κ2) is 6.16. The molecule has 0 saturated heterocycles. The van der Waals surface area contributed by atoms with E-state index >= 15 is 0 Å². The largest absolute Gasteiger partial charge is 0.466 e. The second-order valence-electron chi connectivity index (χ2n) is 3.79. The van der Waals surface area contributed by atoms with E-state index in [1.165, 1.54) is 21.1 Å². The Morgan fingerprint density at radius 1 is 1.06 bits per heavy atom. The maximum Gasteiger partial charge on any atom is 0.349 e. The van der Waals surface area contributed by atoms with Crippen molar-refractivity contribution in [2.24, 2.45) is 0 Å². The van der Waals surface area contributed by atoms with Crippen molar-refractivity contribution in [2.45, 2.75) is 19.1 Å². The predicted molar refractivity (Wildman–Crippen MR) is 63.7 cm³/mol. The van der Waals surface area contributed by atoms with Gasteiger partial charge in [0.05, 0.1) is 20.8 Å². The van der Waals surface area contributed by atoms with E-state index in [0.717, 1.165) is 5.56 Å². The lowest BCUT2D eigenvalue weighted by Crippen LogP contribution is -2.47. The van der Waals surface area contributed by atoms with Gasteiger partial charge in [0.25, 0.3) is 5.60 Å². The maximum atomic E-state index is 11.6. The lowest BCUT2D eigenvalue weighted by atomic mass is 10.1. The first-order valence-corrected chi connectivity index (χ1v) is 5.39. The van der Waals surface area contributed by atoms with Gasteiger partial charge in [-0.25, -0.2) is 9.59 Å². The van der Waals surface area contributed by atoms with E-state index in [2.05, 4.69) is 9.47 Å². The molecule has 0 aliphatic rings. The molecule has 5 nitrogen and oxygen atoms in total. The molecule has 0 atom stereocenters. The highest BCUT2D eigenvalue weighted by Gasteiger charge is 2.45. The van der Waals surface area contributed by atoms with E-state index in [1.54, 1.807) is 0 Å². The van der Waals surface area contributed by atoms with Crippen LogP contribution in [0.15, 0.2) is 30.3 Å². The molecule has 0 bridgehead atoms. The van der Waals surface area contributed by atoms with E-state index in [0.29, 0.717) is 0 Å². The number of methoxy groups -OCH3 is 2. The van der Waals surface area contributed by atoms with Gasteiger partial charge in [0.2, 0.25) is 0 Å². The number of hydrogen-bond donors (Lipinski definition) is 0. The standard InChI is InChI=1S/C13H16O5/c1-13(11(14)16-2,12(15)17-3)18-9-10-7-5-4-6-8-10/h4-8H,9H2,1-3H3. The van der Waals surface area contributed by atoms with Gasteiger partial charge in [-0.3, -0.25) is 0 Å². The molecule has 0 radical (unpaired) electrons. The normalized spacial score (nSPS) is 10.8. The van der Waals surface area contributed by atoms with E-state index in [4.69, 9.17) is 4.74 Å². The fourth-order valence-corrected chi connectivity index (χ4v) is 1.39. The smallest absolute Gasteiger partial charge is 0.349 e. The first-order chi connectivity index (χ1) is 8.54. The third-order valence-electron chi connectivity index (χ3n) is 2.52. The van der Waals surface area contributed by atoms with Crippen molar-refractivity contribution in [1.82, 2.24) is 0 Å². The van der Waals surface area contributed by atoms with Gasteiger partial charge in [-0.05, 0) is 12.5 Å². The molecule has 0 heterocycles.